The average Bonchev–Trinajstić information content (AvgIpc) is 2.82. The molecule has 0 radical (unpaired) electrons. The van der Waals surface area contributed by atoms with Crippen LogP contribution in [0.2, 0.25) is 0 Å². The van der Waals surface area contributed by atoms with Crippen LogP contribution < -0.4 is 10.9 Å². The van der Waals surface area contributed by atoms with Gasteiger partial charge in [-0.25, -0.2) is 4.68 Å². The number of nitrogens with zero attached hydrogens (tertiary/aromatic N) is 3. The minimum Gasteiger partial charge on any atom is -0.351 e. The molecule has 1 N–H and O–H groups in total. The molecule has 32 heavy (non-hydrogen) atoms. The van der Waals surface area contributed by atoms with Crippen LogP contribution in [0.3, 0.4) is 0 Å². The molecule has 0 bridgehead atoms. The first kappa shape index (κ1) is 21.7. The summed E-state index contributed by atoms with van der Waals surface area (Å²) < 4.78 is 1.37. The molecule has 0 atom stereocenters. The fourth-order valence-corrected chi connectivity index (χ4v) is 4.28. The van der Waals surface area contributed by atoms with Gasteiger partial charge in [-0.05, 0) is 36.8 Å². The number of rotatable bonds is 6. The van der Waals surface area contributed by atoms with Crippen LogP contribution in [-0.2, 0) is 11.3 Å². The number of piperidine rings is 1. The van der Waals surface area contributed by atoms with Gasteiger partial charge in [-0.3, -0.25) is 14.4 Å². The number of fused-ring (bicyclic) bond motifs is 1. The molecular formula is C25H28N4O3. The van der Waals surface area contributed by atoms with Crippen LogP contribution in [0.1, 0.15) is 42.2 Å². The fraction of sp³-hybridized carbons (Fsp3) is 0.360. The number of benzene rings is 2. The number of carbonyl (C=O) groups is 2. The van der Waals surface area contributed by atoms with Crippen LogP contribution in [-0.4, -0.2) is 46.1 Å². The molecule has 7 heteroatoms. The van der Waals surface area contributed by atoms with Gasteiger partial charge in [0.1, 0.15) is 0 Å². The van der Waals surface area contributed by atoms with Gasteiger partial charge in [-0.15, -0.1) is 0 Å². The van der Waals surface area contributed by atoms with Gasteiger partial charge in [0.2, 0.25) is 5.91 Å². The summed E-state index contributed by atoms with van der Waals surface area (Å²) in [5.41, 5.74) is 1.00. The van der Waals surface area contributed by atoms with Crippen LogP contribution in [0.4, 0.5) is 0 Å². The molecule has 2 amide bonds. The lowest BCUT2D eigenvalue weighted by atomic mass is 9.93. The molecule has 7 nitrogen and oxygen atoms in total. The first-order chi connectivity index (χ1) is 15.5. The SMILES string of the molecule is CC(=O)N1CCC(CCNC(=O)c2nn(Cc3ccccc3)c(=O)c3ccccc23)CC1. The lowest BCUT2D eigenvalue weighted by Gasteiger charge is -2.31. The summed E-state index contributed by atoms with van der Waals surface area (Å²) in [6, 6.07) is 16.7. The summed E-state index contributed by atoms with van der Waals surface area (Å²) >= 11 is 0. The smallest absolute Gasteiger partial charge is 0.274 e. The standard InChI is InChI=1S/C25H28N4O3/c1-18(30)28-15-12-19(13-16-28)11-14-26-24(31)23-21-9-5-6-10-22(21)25(32)29(27-23)17-20-7-3-2-4-8-20/h2-10,19H,11-17H2,1H3,(H,26,31). The highest BCUT2D eigenvalue weighted by molar-refractivity contribution is 6.04. The van der Waals surface area contributed by atoms with Crippen molar-refractivity contribution in [3.8, 4) is 0 Å². The van der Waals surface area contributed by atoms with Crippen molar-refractivity contribution in [2.45, 2.75) is 32.7 Å². The van der Waals surface area contributed by atoms with Crippen LogP contribution in [0, 0.1) is 5.92 Å². The van der Waals surface area contributed by atoms with E-state index in [0.717, 1.165) is 37.9 Å². The lowest BCUT2D eigenvalue weighted by molar-refractivity contribution is -0.130. The zero-order valence-electron chi connectivity index (χ0n) is 18.3. The highest BCUT2D eigenvalue weighted by atomic mass is 16.2. The van der Waals surface area contributed by atoms with E-state index in [0.29, 0.717) is 29.8 Å². The van der Waals surface area contributed by atoms with E-state index in [9.17, 15) is 14.4 Å². The number of likely N-dealkylation sites (tertiary alicyclic amines) is 1. The summed E-state index contributed by atoms with van der Waals surface area (Å²) in [7, 11) is 0. The Balaban J connectivity index is 1.48. The average molecular weight is 433 g/mol. The second kappa shape index (κ2) is 9.77. The Morgan fingerprint density at radius 1 is 1.00 bits per heavy atom. The maximum absolute atomic E-state index is 13.0. The number of hydrogen-bond donors (Lipinski definition) is 1. The van der Waals surface area contributed by atoms with Gasteiger partial charge in [0.15, 0.2) is 5.69 Å². The van der Waals surface area contributed by atoms with Crippen molar-refractivity contribution < 1.29 is 9.59 Å². The van der Waals surface area contributed by atoms with Crippen molar-refractivity contribution in [3.63, 3.8) is 0 Å². The first-order valence-corrected chi connectivity index (χ1v) is 11.1. The molecule has 0 unspecified atom stereocenters. The molecule has 2 aromatic carbocycles. The van der Waals surface area contributed by atoms with Crippen molar-refractivity contribution in [1.82, 2.24) is 20.0 Å². The number of amides is 2. The van der Waals surface area contributed by atoms with Crippen LogP contribution in [0.15, 0.2) is 59.4 Å². The molecule has 1 aliphatic rings. The van der Waals surface area contributed by atoms with Crippen molar-refractivity contribution in [3.05, 3.63) is 76.2 Å². The van der Waals surface area contributed by atoms with Gasteiger partial charge in [0.25, 0.3) is 11.5 Å². The Labute approximate surface area is 187 Å². The predicted octanol–water partition coefficient (Wildman–Crippen LogP) is 2.82. The number of hydrogen-bond acceptors (Lipinski definition) is 4. The third-order valence-corrected chi connectivity index (χ3v) is 6.16. The topological polar surface area (TPSA) is 84.3 Å². The zero-order valence-corrected chi connectivity index (χ0v) is 18.3. The zero-order chi connectivity index (χ0) is 22.5. The third-order valence-electron chi connectivity index (χ3n) is 6.16. The summed E-state index contributed by atoms with van der Waals surface area (Å²) in [6.45, 7) is 4.02. The van der Waals surface area contributed by atoms with E-state index in [1.165, 1.54) is 4.68 Å². The molecule has 0 spiro atoms. The second-order valence-electron chi connectivity index (χ2n) is 8.34. The minimum absolute atomic E-state index is 0.125. The van der Waals surface area contributed by atoms with Crippen molar-refractivity contribution >= 4 is 22.6 Å². The van der Waals surface area contributed by atoms with Gasteiger partial charge >= 0.3 is 0 Å². The van der Waals surface area contributed by atoms with E-state index in [2.05, 4.69) is 10.4 Å². The Bertz CT molecular complexity index is 1160. The van der Waals surface area contributed by atoms with E-state index in [4.69, 9.17) is 0 Å². The van der Waals surface area contributed by atoms with Crippen LogP contribution in [0.5, 0.6) is 0 Å². The van der Waals surface area contributed by atoms with E-state index >= 15 is 0 Å². The largest absolute Gasteiger partial charge is 0.351 e. The summed E-state index contributed by atoms with van der Waals surface area (Å²) in [4.78, 5) is 39.3. The molecule has 3 aromatic rings. The van der Waals surface area contributed by atoms with Crippen molar-refractivity contribution in [2.75, 3.05) is 19.6 Å². The molecular weight excluding hydrogens is 404 g/mol. The maximum Gasteiger partial charge on any atom is 0.274 e. The molecule has 1 fully saturated rings. The summed E-state index contributed by atoms with van der Waals surface area (Å²) in [6.07, 6.45) is 2.77. The Morgan fingerprint density at radius 2 is 1.66 bits per heavy atom. The van der Waals surface area contributed by atoms with E-state index in [1.807, 2.05) is 41.3 Å². The fourth-order valence-electron chi connectivity index (χ4n) is 4.28. The number of carbonyl (C=O) groups excluding carboxylic acids is 2. The van der Waals surface area contributed by atoms with Gasteiger partial charge in [-0.2, -0.15) is 5.10 Å². The van der Waals surface area contributed by atoms with Crippen molar-refractivity contribution in [2.24, 2.45) is 5.92 Å². The third kappa shape index (κ3) is 4.88. The van der Waals surface area contributed by atoms with E-state index < -0.39 is 0 Å². The van der Waals surface area contributed by atoms with Gasteiger partial charge in [0.05, 0.1) is 11.9 Å². The highest BCUT2D eigenvalue weighted by Crippen LogP contribution is 2.20. The minimum atomic E-state index is -0.274. The van der Waals surface area contributed by atoms with E-state index in [1.54, 1.807) is 25.1 Å². The quantitative estimate of drug-likeness (QED) is 0.649. The first-order valence-electron chi connectivity index (χ1n) is 11.1. The molecule has 1 aliphatic heterocycles. The molecule has 4 rings (SSSR count). The van der Waals surface area contributed by atoms with Gasteiger partial charge in [-0.1, -0.05) is 48.5 Å². The molecule has 0 saturated carbocycles. The predicted molar refractivity (Wildman–Crippen MR) is 123 cm³/mol. The maximum atomic E-state index is 13.0. The van der Waals surface area contributed by atoms with E-state index in [-0.39, 0.29) is 23.1 Å². The second-order valence-corrected chi connectivity index (χ2v) is 8.34. The highest BCUT2D eigenvalue weighted by Gasteiger charge is 2.21. The van der Waals surface area contributed by atoms with Gasteiger partial charge < -0.3 is 10.2 Å². The molecule has 1 saturated heterocycles. The van der Waals surface area contributed by atoms with Crippen LogP contribution >= 0.6 is 0 Å². The van der Waals surface area contributed by atoms with Crippen molar-refractivity contribution in [1.29, 1.82) is 0 Å². The molecule has 0 aliphatic carbocycles. The van der Waals surface area contributed by atoms with Crippen LogP contribution in [0.25, 0.3) is 10.8 Å². The summed E-state index contributed by atoms with van der Waals surface area (Å²) in [5.74, 6) is 0.340. The summed E-state index contributed by atoms with van der Waals surface area (Å²) in [5, 5.41) is 8.47. The monoisotopic (exact) mass is 432 g/mol. The Morgan fingerprint density at radius 3 is 2.34 bits per heavy atom. The van der Waals surface area contributed by atoms with Gasteiger partial charge in [0, 0.05) is 31.9 Å². The number of nitrogens with one attached hydrogen (secondary N) is 1. The molecule has 1 aromatic heterocycles. The lowest BCUT2D eigenvalue weighted by Crippen LogP contribution is -2.38. The number of aromatic nitrogens is 2. The molecule has 2 heterocycles. The normalized spacial score (nSPS) is 14.5. The Kier molecular flexibility index (Phi) is 6.63. The molecule has 166 valence electrons. The Hall–Kier alpha value is -3.48.